The maximum Gasteiger partial charge on any atom is 0.151 e. The number of para-hydroxylation sites is 1. The van der Waals surface area contributed by atoms with Gasteiger partial charge in [0.05, 0.1) is 5.52 Å². The second-order valence-corrected chi connectivity index (χ2v) is 5.06. The van der Waals surface area contributed by atoms with Crippen LogP contribution in [0.15, 0.2) is 18.2 Å². The van der Waals surface area contributed by atoms with Crippen LogP contribution in [-0.2, 0) is 5.41 Å². The molecule has 1 aromatic carbocycles. The van der Waals surface area contributed by atoms with Crippen LogP contribution < -0.4 is 0 Å². The molecule has 0 aliphatic heterocycles. The lowest BCUT2D eigenvalue weighted by Crippen LogP contribution is -2.22. The van der Waals surface area contributed by atoms with Gasteiger partial charge in [0.25, 0.3) is 0 Å². The maximum absolute atomic E-state index is 13.6. The van der Waals surface area contributed by atoms with Crippen LogP contribution in [0.25, 0.3) is 11.0 Å². The van der Waals surface area contributed by atoms with Gasteiger partial charge < -0.3 is 4.98 Å². The second-order valence-electron chi connectivity index (χ2n) is 5.06. The molecule has 2 aromatic rings. The monoisotopic (exact) mass is 232 g/mol. The Morgan fingerprint density at radius 2 is 2.12 bits per heavy atom. The number of benzene rings is 1. The predicted octanol–water partition coefficient (Wildman–Crippen LogP) is 3.92. The van der Waals surface area contributed by atoms with Crippen molar-refractivity contribution in [1.82, 2.24) is 9.97 Å². The van der Waals surface area contributed by atoms with Crippen LogP contribution in [0.1, 0.15) is 44.9 Å². The first-order valence-electron chi connectivity index (χ1n) is 6.40. The third-order valence-corrected chi connectivity index (χ3v) is 4.20. The molecule has 0 saturated heterocycles. The summed E-state index contributed by atoms with van der Waals surface area (Å²) < 4.78 is 13.6. The fourth-order valence-corrected chi connectivity index (χ4v) is 3.06. The predicted molar refractivity (Wildman–Crippen MR) is 66.5 cm³/mol. The minimum absolute atomic E-state index is 0.158. The Kier molecular flexibility index (Phi) is 2.42. The zero-order valence-electron chi connectivity index (χ0n) is 10.1. The number of nitrogens with one attached hydrogen (secondary N) is 1. The van der Waals surface area contributed by atoms with E-state index in [2.05, 4.69) is 16.9 Å². The van der Waals surface area contributed by atoms with E-state index < -0.39 is 0 Å². The van der Waals surface area contributed by atoms with Gasteiger partial charge in [-0.3, -0.25) is 0 Å². The summed E-state index contributed by atoms with van der Waals surface area (Å²) in [6.45, 7) is 2.20. The SMILES string of the molecule is CCC1(c2nc3c(F)cccc3[nH]2)CCCC1. The molecule has 0 amide bonds. The van der Waals surface area contributed by atoms with Gasteiger partial charge in [-0.2, -0.15) is 0 Å². The lowest BCUT2D eigenvalue weighted by Gasteiger charge is -2.24. The first kappa shape index (κ1) is 10.8. The summed E-state index contributed by atoms with van der Waals surface area (Å²) in [6, 6.07) is 5.10. The molecule has 2 nitrogen and oxygen atoms in total. The zero-order valence-corrected chi connectivity index (χ0v) is 10.1. The van der Waals surface area contributed by atoms with Crippen LogP contribution >= 0.6 is 0 Å². The van der Waals surface area contributed by atoms with Crippen molar-refractivity contribution in [2.75, 3.05) is 0 Å². The lowest BCUT2D eigenvalue weighted by molar-refractivity contribution is 0.403. The average molecular weight is 232 g/mol. The molecule has 0 bridgehead atoms. The Balaban J connectivity index is 2.14. The average Bonchev–Trinajstić information content (AvgIpc) is 2.96. The molecule has 90 valence electrons. The molecule has 3 heteroatoms. The van der Waals surface area contributed by atoms with E-state index in [1.54, 1.807) is 6.07 Å². The van der Waals surface area contributed by atoms with Crippen molar-refractivity contribution in [2.45, 2.75) is 44.4 Å². The van der Waals surface area contributed by atoms with Crippen molar-refractivity contribution in [3.8, 4) is 0 Å². The van der Waals surface area contributed by atoms with E-state index in [9.17, 15) is 4.39 Å². The van der Waals surface area contributed by atoms with E-state index in [4.69, 9.17) is 0 Å². The molecule has 17 heavy (non-hydrogen) atoms. The fraction of sp³-hybridized carbons (Fsp3) is 0.500. The highest BCUT2D eigenvalue weighted by Crippen LogP contribution is 2.42. The summed E-state index contributed by atoms with van der Waals surface area (Å²) in [7, 11) is 0. The van der Waals surface area contributed by atoms with Crippen LogP contribution in [-0.4, -0.2) is 9.97 Å². The Hall–Kier alpha value is -1.38. The molecule has 1 fully saturated rings. The molecule has 1 heterocycles. The smallest absolute Gasteiger partial charge is 0.151 e. The van der Waals surface area contributed by atoms with Crippen molar-refractivity contribution in [3.63, 3.8) is 0 Å². The van der Waals surface area contributed by atoms with Gasteiger partial charge in [-0.05, 0) is 31.4 Å². The molecule has 3 rings (SSSR count). The van der Waals surface area contributed by atoms with E-state index in [-0.39, 0.29) is 11.2 Å². The van der Waals surface area contributed by atoms with Gasteiger partial charge in [0, 0.05) is 5.41 Å². The molecule has 1 aromatic heterocycles. The van der Waals surface area contributed by atoms with E-state index in [0.717, 1.165) is 17.8 Å². The summed E-state index contributed by atoms with van der Waals surface area (Å²) in [5, 5.41) is 0. The van der Waals surface area contributed by atoms with Crippen LogP contribution in [0, 0.1) is 5.82 Å². The third kappa shape index (κ3) is 1.56. The molecule has 0 spiro atoms. The van der Waals surface area contributed by atoms with Crippen LogP contribution in [0.5, 0.6) is 0 Å². The summed E-state index contributed by atoms with van der Waals surface area (Å²) >= 11 is 0. The minimum Gasteiger partial charge on any atom is -0.341 e. The van der Waals surface area contributed by atoms with Gasteiger partial charge in [0.1, 0.15) is 11.3 Å². The van der Waals surface area contributed by atoms with Gasteiger partial charge >= 0.3 is 0 Å². The molecule has 0 radical (unpaired) electrons. The minimum atomic E-state index is -0.228. The summed E-state index contributed by atoms with van der Waals surface area (Å²) in [5.41, 5.74) is 1.47. The number of halogens is 1. The maximum atomic E-state index is 13.6. The highest BCUT2D eigenvalue weighted by Gasteiger charge is 2.36. The van der Waals surface area contributed by atoms with E-state index in [1.807, 2.05) is 6.07 Å². The van der Waals surface area contributed by atoms with Crippen molar-refractivity contribution >= 4 is 11.0 Å². The first-order valence-corrected chi connectivity index (χ1v) is 6.40. The molecule has 1 aliphatic rings. The molecule has 1 aliphatic carbocycles. The highest BCUT2D eigenvalue weighted by atomic mass is 19.1. The number of nitrogens with zero attached hydrogens (tertiary/aromatic N) is 1. The van der Waals surface area contributed by atoms with Crippen LogP contribution in [0.3, 0.4) is 0 Å². The van der Waals surface area contributed by atoms with Gasteiger partial charge in [0.15, 0.2) is 5.82 Å². The number of hydrogen-bond donors (Lipinski definition) is 1. The Morgan fingerprint density at radius 1 is 1.35 bits per heavy atom. The highest BCUT2D eigenvalue weighted by molar-refractivity contribution is 5.75. The standard InChI is InChI=1S/C14H17FN2/c1-2-14(8-3-4-9-14)13-16-11-7-5-6-10(15)12(11)17-13/h5-7H,2-4,8-9H2,1H3,(H,16,17). The van der Waals surface area contributed by atoms with Gasteiger partial charge in [-0.25, -0.2) is 9.37 Å². The van der Waals surface area contributed by atoms with E-state index in [0.29, 0.717) is 5.52 Å². The normalized spacial score (nSPS) is 18.9. The van der Waals surface area contributed by atoms with Crippen LogP contribution in [0.2, 0.25) is 0 Å². The van der Waals surface area contributed by atoms with E-state index in [1.165, 1.54) is 31.7 Å². The number of rotatable bonds is 2. The second kappa shape index (κ2) is 3.83. The number of H-pyrrole nitrogens is 1. The number of aromatic amines is 1. The van der Waals surface area contributed by atoms with Crippen molar-refractivity contribution in [1.29, 1.82) is 0 Å². The third-order valence-electron chi connectivity index (χ3n) is 4.20. The van der Waals surface area contributed by atoms with Crippen LogP contribution in [0.4, 0.5) is 4.39 Å². The summed E-state index contributed by atoms with van der Waals surface area (Å²) in [6.07, 6.45) is 5.94. The number of aromatic nitrogens is 2. The Labute approximate surface area is 100 Å². The topological polar surface area (TPSA) is 28.7 Å². The number of fused-ring (bicyclic) bond motifs is 1. The molecular formula is C14H17FN2. The molecule has 0 atom stereocenters. The molecule has 0 unspecified atom stereocenters. The molecule has 1 saturated carbocycles. The number of imidazole rings is 1. The lowest BCUT2D eigenvalue weighted by atomic mass is 9.83. The Morgan fingerprint density at radius 3 is 2.76 bits per heavy atom. The molecular weight excluding hydrogens is 215 g/mol. The van der Waals surface area contributed by atoms with E-state index >= 15 is 0 Å². The summed E-state index contributed by atoms with van der Waals surface area (Å²) in [5.74, 6) is 0.756. The quantitative estimate of drug-likeness (QED) is 0.835. The number of hydrogen-bond acceptors (Lipinski definition) is 1. The largest absolute Gasteiger partial charge is 0.341 e. The van der Waals surface area contributed by atoms with Crippen molar-refractivity contribution < 1.29 is 4.39 Å². The first-order chi connectivity index (χ1) is 8.25. The zero-order chi connectivity index (χ0) is 11.9. The van der Waals surface area contributed by atoms with Gasteiger partial charge in [-0.1, -0.05) is 25.8 Å². The molecule has 1 N–H and O–H groups in total. The summed E-state index contributed by atoms with van der Waals surface area (Å²) in [4.78, 5) is 7.83. The van der Waals surface area contributed by atoms with Crippen molar-refractivity contribution in [3.05, 3.63) is 29.8 Å². The fourth-order valence-electron chi connectivity index (χ4n) is 3.06. The van der Waals surface area contributed by atoms with Crippen molar-refractivity contribution in [2.24, 2.45) is 0 Å². The Bertz CT molecular complexity index is 538. The van der Waals surface area contributed by atoms with Gasteiger partial charge in [-0.15, -0.1) is 0 Å². The van der Waals surface area contributed by atoms with Gasteiger partial charge in [0.2, 0.25) is 0 Å².